The lowest BCUT2D eigenvalue weighted by molar-refractivity contribution is 1.10. The van der Waals surface area contributed by atoms with Crippen LogP contribution < -0.4 is 0 Å². The highest BCUT2D eigenvalue weighted by Gasteiger charge is 2.16. The molecular weight excluding hydrogens is 545 g/mol. The number of hydrogen-bond donors (Lipinski definition) is 0. The van der Waals surface area contributed by atoms with Gasteiger partial charge in [-0.3, -0.25) is 0 Å². The Morgan fingerprint density at radius 3 is 0.974 bits per heavy atom. The second kappa shape index (κ2) is 14.4. The maximum absolute atomic E-state index is 4.56. The molecule has 0 N–H and O–H groups in total. The molecule has 0 bridgehead atoms. The van der Waals surface area contributed by atoms with E-state index in [9.17, 15) is 0 Å². The van der Waals surface area contributed by atoms with Crippen molar-refractivity contribution in [2.24, 2.45) is 0 Å². The minimum atomic E-state index is 0.856. The normalized spacial score (nSPS) is 10.9. The van der Waals surface area contributed by atoms with Crippen molar-refractivity contribution < 1.29 is 0 Å². The van der Waals surface area contributed by atoms with Gasteiger partial charge in [0.1, 0.15) is 0 Å². The second-order valence-electron chi connectivity index (χ2n) is 8.17. The zero-order valence-electron chi connectivity index (χ0n) is 20.6. The molecule has 0 atom stereocenters. The predicted octanol–water partition coefficient (Wildman–Crippen LogP) is 8.44. The van der Waals surface area contributed by atoms with Crippen molar-refractivity contribution in [3.63, 3.8) is 0 Å². The van der Waals surface area contributed by atoms with Gasteiger partial charge < -0.3 is 0 Å². The molecule has 190 valence electrons. The molecule has 0 fully saturated rings. The maximum atomic E-state index is 4.56. The molecule has 0 spiro atoms. The van der Waals surface area contributed by atoms with E-state index >= 15 is 0 Å². The minimum Gasteiger partial charge on any atom is -0.250 e. The lowest BCUT2D eigenvalue weighted by atomic mass is 9.99. The van der Waals surface area contributed by atoms with Gasteiger partial charge >= 0.3 is 0 Å². The van der Waals surface area contributed by atoms with Gasteiger partial charge in [-0.1, -0.05) is 36.4 Å². The Balaban J connectivity index is 1.47. The van der Waals surface area contributed by atoms with Gasteiger partial charge in [0.15, 0.2) is 0 Å². The van der Waals surface area contributed by atoms with Crippen LogP contribution in [0.25, 0.3) is 0 Å². The maximum Gasteiger partial charge on any atom is 0.0963 e. The van der Waals surface area contributed by atoms with Crippen molar-refractivity contribution in [3.8, 4) is 0 Å². The van der Waals surface area contributed by atoms with Gasteiger partial charge in [0.25, 0.3) is 0 Å². The van der Waals surface area contributed by atoms with Gasteiger partial charge in [-0.05, 0) is 70.8 Å². The number of thioether (sulfide) groups is 4. The predicted molar refractivity (Wildman–Crippen MR) is 162 cm³/mol. The summed E-state index contributed by atoms with van der Waals surface area (Å²) in [6.07, 6.45) is 7.43. The zero-order chi connectivity index (χ0) is 25.8. The second-order valence-corrected chi connectivity index (χ2v) is 12.2. The van der Waals surface area contributed by atoms with Crippen molar-refractivity contribution in [2.45, 2.75) is 43.1 Å². The third-order valence-electron chi connectivity index (χ3n) is 5.66. The summed E-state index contributed by atoms with van der Waals surface area (Å²) in [5, 5.41) is 4.14. The van der Waals surface area contributed by atoms with Crippen molar-refractivity contribution >= 4 is 47.0 Å². The SMILES string of the molecule is c1ccc(SCc2ccc(CSc3ccccn3)c(CSc3ccccn3)c2CSc2ccccn2)nc1. The van der Waals surface area contributed by atoms with E-state index in [0.29, 0.717) is 0 Å². The average molecular weight is 571 g/mol. The minimum absolute atomic E-state index is 0.856. The molecular formula is C30H26N4S4. The van der Waals surface area contributed by atoms with Crippen LogP contribution in [0.1, 0.15) is 22.3 Å². The molecule has 5 rings (SSSR count). The Kier molecular flexibility index (Phi) is 10.2. The highest BCUT2D eigenvalue weighted by atomic mass is 32.2. The number of nitrogens with zero attached hydrogens (tertiary/aromatic N) is 4. The third kappa shape index (κ3) is 7.86. The van der Waals surface area contributed by atoms with Crippen molar-refractivity contribution in [2.75, 3.05) is 0 Å². The summed E-state index contributed by atoms with van der Waals surface area (Å²) in [5.41, 5.74) is 5.44. The Morgan fingerprint density at radius 2 is 0.684 bits per heavy atom. The van der Waals surface area contributed by atoms with E-state index in [2.05, 4.69) is 56.3 Å². The van der Waals surface area contributed by atoms with Gasteiger partial charge in [-0.2, -0.15) is 0 Å². The lowest BCUT2D eigenvalue weighted by Crippen LogP contribution is -2.03. The molecule has 0 saturated carbocycles. The van der Waals surface area contributed by atoms with Crippen LogP contribution in [0.15, 0.2) is 130 Å². The molecule has 1 aromatic carbocycles. The van der Waals surface area contributed by atoms with Gasteiger partial charge in [0.05, 0.1) is 20.1 Å². The van der Waals surface area contributed by atoms with Crippen LogP contribution in [-0.4, -0.2) is 19.9 Å². The highest BCUT2D eigenvalue weighted by Crippen LogP contribution is 2.36. The van der Waals surface area contributed by atoms with E-state index in [1.54, 1.807) is 47.0 Å². The molecule has 0 radical (unpaired) electrons. The van der Waals surface area contributed by atoms with E-state index in [-0.39, 0.29) is 0 Å². The molecule has 0 aliphatic carbocycles. The number of aromatic nitrogens is 4. The number of benzene rings is 1. The molecule has 4 nitrogen and oxygen atoms in total. The van der Waals surface area contributed by atoms with Gasteiger partial charge in [0.2, 0.25) is 0 Å². The first-order valence-corrected chi connectivity index (χ1v) is 16.1. The fraction of sp³-hybridized carbons (Fsp3) is 0.133. The summed E-state index contributed by atoms with van der Waals surface area (Å²) in [5.74, 6) is 3.44. The molecule has 0 amide bonds. The summed E-state index contributed by atoms with van der Waals surface area (Å²) in [7, 11) is 0. The molecule has 0 aliphatic rings. The molecule has 8 heteroatoms. The molecule has 38 heavy (non-hydrogen) atoms. The van der Waals surface area contributed by atoms with Crippen LogP contribution in [0, 0.1) is 0 Å². The quantitative estimate of drug-likeness (QED) is 0.139. The summed E-state index contributed by atoms with van der Waals surface area (Å²) in [4.78, 5) is 18.2. The Labute approximate surface area is 240 Å². The fourth-order valence-corrected chi connectivity index (χ4v) is 7.44. The summed E-state index contributed by atoms with van der Waals surface area (Å²) in [6.45, 7) is 0. The van der Waals surface area contributed by atoms with Gasteiger partial charge in [-0.25, -0.2) is 19.9 Å². The Bertz CT molecular complexity index is 1300. The van der Waals surface area contributed by atoms with Crippen LogP contribution in [-0.2, 0) is 23.0 Å². The molecule has 0 aliphatic heterocycles. The van der Waals surface area contributed by atoms with Crippen LogP contribution in [0.4, 0.5) is 0 Å². The zero-order valence-corrected chi connectivity index (χ0v) is 23.9. The first-order chi connectivity index (χ1) is 18.8. The molecule has 0 saturated heterocycles. The van der Waals surface area contributed by atoms with Crippen molar-refractivity contribution in [3.05, 3.63) is 132 Å². The molecule has 4 heterocycles. The van der Waals surface area contributed by atoms with Crippen LogP contribution in [0.3, 0.4) is 0 Å². The lowest BCUT2D eigenvalue weighted by Gasteiger charge is -2.19. The van der Waals surface area contributed by atoms with Crippen molar-refractivity contribution in [1.82, 2.24) is 19.9 Å². The topological polar surface area (TPSA) is 51.6 Å². The number of pyridine rings is 4. The summed E-state index contributed by atoms with van der Waals surface area (Å²) < 4.78 is 0. The van der Waals surface area contributed by atoms with Crippen LogP contribution >= 0.6 is 47.0 Å². The Morgan fingerprint density at radius 1 is 0.368 bits per heavy atom. The number of hydrogen-bond acceptors (Lipinski definition) is 8. The first-order valence-electron chi connectivity index (χ1n) is 12.1. The number of rotatable bonds is 12. The Hall–Kier alpha value is -2.78. The van der Waals surface area contributed by atoms with E-state index in [4.69, 9.17) is 0 Å². The van der Waals surface area contributed by atoms with Crippen LogP contribution in [0.5, 0.6) is 0 Å². The van der Waals surface area contributed by atoms with E-state index in [1.807, 2.05) is 73.3 Å². The first kappa shape index (κ1) is 26.8. The van der Waals surface area contributed by atoms with E-state index in [1.165, 1.54) is 22.3 Å². The summed E-state index contributed by atoms with van der Waals surface area (Å²) in [6, 6.07) is 28.9. The smallest absolute Gasteiger partial charge is 0.0963 e. The largest absolute Gasteiger partial charge is 0.250 e. The van der Waals surface area contributed by atoms with E-state index in [0.717, 1.165) is 43.1 Å². The third-order valence-corrected chi connectivity index (χ3v) is 9.58. The molecule has 0 unspecified atom stereocenters. The summed E-state index contributed by atoms with van der Waals surface area (Å²) >= 11 is 7.13. The highest BCUT2D eigenvalue weighted by molar-refractivity contribution is 7.99. The fourth-order valence-electron chi connectivity index (χ4n) is 3.75. The van der Waals surface area contributed by atoms with Crippen LogP contribution in [0.2, 0.25) is 0 Å². The standard InChI is InChI=1S/C30H26N4S4/c1-5-15-31-27(9-1)35-19-23-13-14-24(20-36-28-10-2-6-16-32-28)26(22-38-30-12-4-8-18-34-30)25(23)21-37-29-11-3-7-17-33-29/h1-18H,19-22H2. The molecule has 4 aromatic heterocycles. The van der Waals surface area contributed by atoms with E-state index < -0.39 is 0 Å². The average Bonchev–Trinajstić information content (AvgIpc) is 2.99. The van der Waals surface area contributed by atoms with Crippen molar-refractivity contribution in [1.29, 1.82) is 0 Å². The van der Waals surface area contributed by atoms with Gasteiger partial charge in [-0.15, -0.1) is 47.0 Å². The molecule has 5 aromatic rings. The van der Waals surface area contributed by atoms with Gasteiger partial charge in [0, 0.05) is 47.8 Å². The monoisotopic (exact) mass is 570 g/mol.